The first-order chi connectivity index (χ1) is 9.82. The van der Waals surface area contributed by atoms with E-state index in [9.17, 15) is 17.6 Å². The minimum Gasteiger partial charge on any atom is -0.308 e. The largest absolute Gasteiger partial charge is 0.417 e. The highest BCUT2D eigenvalue weighted by Gasteiger charge is 2.31. The highest BCUT2D eigenvalue weighted by molar-refractivity contribution is 5.32. The van der Waals surface area contributed by atoms with Gasteiger partial charge in [0, 0.05) is 6.20 Å². The van der Waals surface area contributed by atoms with Gasteiger partial charge in [-0.1, -0.05) is 12.1 Å². The van der Waals surface area contributed by atoms with Crippen LogP contribution in [0.15, 0.2) is 36.5 Å². The van der Waals surface area contributed by atoms with Crippen molar-refractivity contribution < 1.29 is 17.6 Å². The molecular formula is C15H14F4N2. The molecule has 0 radical (unpaired) electrons. The molecule has 2 aromatic rings. The van der Waals surface area contributed by atoms with Gasteiger partial charge >= 0.3 is 6.18 Å². The Balaban J connectivity index is 2.35. The molecular weight excluding hydrogens is 284 g/mol. The fourth-order valence-corrected chi connectivity index (χ4v) is 2.02. The van der Waals surface area contributed by atoms with Crippen molar-refractivity contribution in [1.82, 2.24) is 10.3 Å². The van der Waals surface area contributed by atoms with Crippen LogP contribution in [0.2, 0.25) is 0 Å². The highest BCUT2D eigenvalue weighted by atomic mass is 19.4. The van der Waals surface area contributed by atoms with Crippen LogP contribution in [0, 0.1) is 12.7 Å². The van der Waals surface area contributed by atoms with E-state index in [4.69, 9.17) is 0 Å². The minimum absolute atomic E-state index is 0.361. The molecule has 6 heteroatoms. The average molecular weight is 298 g/mol. The maximum atomic E-state index is 13.6. The number of pyridine rings is 1. The third-order valence-electron chi connectivity index (χ3n) is 3.23. The Morgan fingerprint density at radius 3 is 2.33 bits per heavy atom. The summed E-state index contributed by atoms with van der Waals surface area (Å²) in [7, 11) is 1.64. The van der Waals surface area contributed by atoms with Crippen molar-refractivity contribution in [2.45, 2.75) is 19.1 Å². The fraction of sp³-hybridized carbons (Fsp3) is 0.267. The molecule has 112 valence electrons. The SMILES string of the molecule is CNC(c1ccc(C)c(F)c1)c1ccc(C(F)(F)F)cn1. The molecule has 1 N–H and O–H groups in total. The van der Waals surface area contributed by atoms with Crippen LogP contribution in [-0.2, 0) is 6.18 Å². The normalized spacial score (nSPS) is 13.2. The molecule has 1 unspecified atom stereocenters. The number of nitrogens with one attached hydrogen (secondary N) is 1. The van der Waals surface area contributed by atoms with Gasteiger partial charge in [-0.15, -0.1) is 0 Å². The molecule has 0 saturated heterocycles. The summed E-state index contributed by atoms with van der Waals surface area (Å²) in [5, 5.41) is 2.93. The van der Waals surface area contributed by atoms with Crippen LogP contribution < -0.4 is 5.32 Å². The van der Waals surface area contributed by atoms with Gasteiger partial charge in [-0.25, -0.2) is 4.39 Å². The predicted molar refractivity (Wildman–Crippen MR) is 71.3 cm³/mol. The molecule has 1 aromatic heterocycles. The number of alkyl halides is 3. The Kier molecular flexibility index (Phi) is 4.27. The van der Waals surface area contributed by atoms with Gasteiger partial charge in [-0.3, -0.25) is 4.98 Å². The predicted octanol–water partition coefficient (Wildman–Crippen LogP) is 3.86. The molecule has 21 heavy (non-hydrogen) atoms. The maximum absolute atomic E-state index is 13.6. The molecule has 0 aliphatic heterocycles. The van der Waals surface area contributed by atoms with Crippen molar-refractivity contribution in [3.63, 3.8) is 0 Å². The van der Waals surface area contributed by atoms with Crippen LogP contribution in [0.3, 0.4) is 0 Å². The lowest BCUT2D eigenvalue weighted by Gasteiger charge is -2.17. The van der Waals surface area contributed by atoms with Crippen LogP contribution in [0.4, 0.5) is 17.6 Å². The second-order valence-electron chi connectivity index (χ2n) is 4.70. The summed E-state index contributed by atoms with van der Waals surface area (Å²) in [6, 6.07) is 6.50. The van der Waals surface area contributed by atoms with Crippen molar-refractivity contribution in [3.05, 3.63) is 64.7 Å². The Morgan fingerprint density at radius 1 is 1.14 bits per heavy atom. The number of hydrogen-bond acceptors (Lipinski definition) is 2. The van der Waals surface area contributed by atoms with Crippen LogP contribution >= 0.6 is 0 Å². The van der Waals surface area contributed by atoms with Crippen LogP contribution in [0.1, 0.15) is 28.4 Å². The van der Waals surface area contributed by atoms with Crippen LogP contribution in [-0.4, -0.2) is 12.0 Å². The number of benzene rings is 1. The van der Waals surface area contributed by atoms with E-state index in [1.807, 2.05) is 0 Å². The number of aromatic nitrogens is 1. The third-order valence-corrected chi connectivity index (χ3v) is 3.23. The van der Waals surface area contributed by atoms with Crippen LogP contribution in [0.5, 0.6) is 0 Å². The Bertz CT molecular complexity index is 621. The van der Waals surface area contributed by atoms with E-state index < -0.39 is 17.8 Å². The molecule has 0 bridgehead atoms. The second kappa shape index (κ2) is 5.81. The summed E-state index contributed by atoms with van der Waals surface area (Å²) in [4.78, 5) is 3.84. The summed E-state index contributed by atoms with van der Waals surface area (Å²) < 4.78 is 51.2. The fourth-order valence-electron chi connectivity index (χ4n) is 2.02. The summed E-state index contributed by atoms with van der Waals surface area (Å²) in [5.74, 6) is -0.361. The second-order valence-corrected chi connectivity index (χ2v) is 4.70. The molecule has 2 rings (SSSR count). The zero-order chi connectivity index (χ0) is 15.6. The zero-order valence-corrected chi connectivity index (χ0v) is 11.5. The van der Waals surface area contributed by atoms with E-state index in [1.165, 1.54) is 12.1 Å². The van der Waals surface area contributed by atoms with E-state index >= 15 is 0 Å². The molecule has 0 saturated carbocycles. The third kappa shape index (κ3) is 3.39. The van der Waals surface area contributed by atoms with E-state index in [0.29, 0.717) is 16.8 Å². The molecule has 1 heterocycles. The van der Waals surface area contributed by atoms with E-state index in [0.717, 1.165) is 12.3 Å². The van der Waals surface area contributed by atoms with Crippen molar-refractivity contribution in [3.8, 4) is 0 Å². The summed E-state index contributed by atoms with van der Waals surface area (Å²) >= 11 is 0. The first kappa shape index (κ1) is 15.4. The van der Waals surface area contributed by atoms with Crippen molar-refractivity contribution in [1.29, 1.82) is 0 Å². The standard InChI is InChI=1S/C15H14F4N2/c1-9-3-4-10(7-12(9)16)14(20-2)13-6-5-11(8-21-13)15(17,18)19/h3-8,14,20H,1-2H3. The Labute approximate surface area is 119 Å². The molecule has 0 spiro atoms. The van der Waals surface area contributed by atoms with E-state index in [-0.39, 0.29) is 5.82 Å². The topological polar surface area (TPSA) is 24.9 Å². The molecule has 1 atom stereocenters. The summed E-state index contributed by atoms with van der Waals surface area (Å²) in [5.41, 5.74) is 0.701. The van der Waals surface area contributed by atoms with Gasteiger partial charge in [-0.2, -0.15) is 13.2 Å². The summed E-state index contributed by atoms with van der Waals surface area (Å²) in [6.07, 6.45) is -3.64. The van der Waals surface area contributed by atoms with E-state index in [2.05, 4.69) is 10.3 Å². The number of halogens is 4. The first-order valence-corrected chi connectivity index (χ1v) is 6.29. The molecule has 0 aliphatic carbocycles. The lowest BCUT2D eigenvalue weighted by Crippen LogP contribution is -2.19. The van der Waals surface area contributed by atoms with Gasteiger partial charge in [0.25, 0.3) is 0 Å². The maximum Gasteiger partial charge on any atom is 0.417 e. The molecule has 2 nitrogen and oxygen atoms in total. The van der Waals surface area contributed by atoms with Crippen molar-refractivity contribution in [2.24, 2.45) is 0 Å². The van der Waals surface area contributed by atoms with E-state index in [1.54, 1.807) is 26.1 Å². The van der Waals surface area contributed by atoms with Gasteiger partial charge < -0.3 is 5.32 Å². The lowest BCUT2D eigenvalue weighted by molar-refractivity contribution is -0.137. The van der Waals surface area contributed by atoms with Crippen molar-refractivity contribution in [2.75, 3.05) is 7.05 Å². The molecule has 1 aromatic carbocycles. The zero-order valence-electron chi connectivity index (χ0n) is 11.5. The van der Waals surface area contributed by atoms with Gasteiger partial charge in [0.15, 0.2) is 0 Å². The first-order valence-electron chi connectivity index (χ1n) is 6.29. The number of aryl methyl sites for hydroxylation is 1. The molecule has 0 fully saturated rings. The average Bonchev–Trinajstić information content (AvgIpc) is 2.43. The number of hydrogen-bond donors (Lipinski definition) is 1. The van der Waals surface area contributed by atoms with Gasteiger partial charge in [-0.05, 0) is 43.3 Å². The minimum atomic E-state index is -4.42. The smallest absolute Gasteiger partial charge is 0.308 e. The molecule has 0 aliphatic rings. The Morgan fingerprint density at radius 2 is 1.86 bits per heavy atom. The Hall–Kier alpha value is -1.95. The highest BCUT2D eigenvalue weighted by Crippen LogP contribution is 2.30. The van der Waals surface area contributed by atoms with Crippen LogP contribution in [0.25, 0.3) is 0 Å². The quantitative estimate of drug-likeness (QED) is 0.870. The van der Waals surface area contributed by atoms with Crippen molar-refractivity contribution >= 4 is 0 Å². The number of rotatable bonds is 3. The molecule has 0 amide bonds. The number of nitrogens with zero attached hydrogens (tertiary/aromatic N) is 1. The van der Waals surface area contributed by atoms with Gasteiger partial charge in [0.2, 0.25) is 0 Å². The monoisotopic (exact) mass is 298 g/mol. The van der Waals surface area contributed by atoms with Gasteiger partial charge in [0.1, 0.15) is 5.82 Å². The summed E-state index contributed by atoms with van der Waals surface area (Å²) in [6.45, 7) is 1.64. The van der Waals surface area contributed by atoms with Gasteiger partial charge in [0.05, 0.1) is 17.3 Å². The lowest BCUT2D eigenvalue weighted by atomic mass is 10.0.